The van der Waals surface area contributed by atoms with Crippen molar-refractivity contribution in [1.29, 1.82) is 0 Å². The lowest BCUT2D eigenvalue weighted by Gasteiger charge is -2.41. The number of hydrogen-bond acceptors (Lipinski definition) is 3. The smallest absolute Gasteiger partial charge is 0.251 e. The van der Waals surface area contributed by atoms with Gasteiger partial charge in [-0.3, -0.25) is 4.79 Å². The minimum Gasteiger partial charge on any atom is -0.494 e. The molecular formula is C16H21FN2O2. The molecule has 1 aliphatic heterocycles. The van der Waals surface area contributed by atoms with Crippen molar-refractivity contribution in [3.8, 4) is 5.75 Å². The van der Waals surface area contributed by atoms with Crippen molar-refractivity contribution < 1.29 is 13.9 Å². The standard InChI is InChI=1S/C16H21FN2O2/c1-21-15-5-3-11(9-12(15)17)16(20)19-13-4-2-10-6-7-18-14(13)8-10/h3,5,9-10,13-14,18H,2,4,6-8H2,1H3,(H,19,20). The van der Waals surface area contributed by atoms with Crippen LogP contribution < -0.4 is 15.4 Å². The maximum atomic E-state index is 13.7. The molecule has 1 amide bonds. The summed E-state index contributed by atoms with van der Waals surface area (Å²) in [5, 5.41) is 6.52. The third-order valence-corrected chi connectivity index (χ3v) is 4.65. The Labute approximate surface area is 124 Å². The highest BCUT2D eigenvalue weighted by Crippen LogP contribution is 2.30. The molecule has 1 heterocycles. The molecule has 2 N–H and O–H groups in total. The molecule has 0 spiro atoms. The highest BCUT2D eigenvalue weighted by molar-refractivity contribution is 5.94. The Morgan fingerprint density at radius 2 is 2.24 bits per heavy atom. The molecule has 2 aliphatic rings. The van der Waals surface area contributed by atoms with Gasteiger partial charge in [0.25, 0.3) is 5.91 Å². The Morgan fingerprint density at radius 3 is 3.00 bits per heavy atom. The Hall–Kier alpha value is -1.62. The predicted molar refractivity (Wildman–Crippen MR) is 78.0 cm³/mol. The molecular weight excluding hydrogens is 271 g/mol. The monoisotopic (exact) mass is 292 g/mol. The first kappa shape index (κ1) is 14.3. The Kier molecular flexibility index (Phi) is 4.10. The zero-order valence-electron chi connectivity index (χ0n) is 12.2. The van der Waals surface area contributed by atoms with Crippen molar-refractivity contribution in [3.63, 3.8) is 0 Å². The molecule has 1 aliphatic carbocycles. The number of methoxy groups -OCH3 is 1. The fourth-order valence-corrected chi connectivity index (χ4v) is 3.45. The third kappa shape index (κ3) is 3.02. The SMILES string of the molecule is COc1ccc(C(=O)NC2CCC3CCNC2C3)cc1F. The zero-order chi connectivity index (χ0) is 14.8. The molecule has 2 fully saturated rings. The maximum absolute atomic E-state index is 13.7. The number of carbonyl (C=O) groups excluding carboxylic acids is 1. The van der Waals surface area contributed by atoms with Crippen LogP contribution in [0.15, 0.2) is 18.2 Å². The second-order valence-corrected chi connectivity index (χ2v) is 5.96. The maximum Gasteiger partial charge on any atom is 0.251 e. The molecule has 5 heteroatoms. The van der Waals surface area contributed by atoms with E-state index in [1.165, 1.54) is 32.1 Å². The summed E-state index contributed by atoms with van der Waals surface area (Å²) >= 11 is 0. The van der Waals surface area contributed by atoms with Gasteiger partial charge in [-0.05, 0) is 56.3 Å². The van der Waals surface area contributed by atoms with Gasteiger partial charge in [0.2, 0.25) is 0 Å². The van der Waals surface area contributed by atoms with Crippen LogP contribution in [0, 0.1) is 11.7 Å². The van der Waals surface area contributed by atoms with E-state index in [2.05, 4.69) is 10.6 Å². The number of benzene rings is 1. The lowest BCUT2D eigenvalue weighted by Crippen LogP contribution is -2.56. The van der Waals surface area contributed by atoms with Gasteiger partial charge in [-0.15, -0.1) is 0 Å². The third-order valence-electron chi connectivity index (χ3n) is 4.65. The van der Waals surface area contributed by atoms with Crippen LogP contribution in [0.2, 0.25) is 0 Å². The molecule has 1 aromatic rings. The minimum atomic E-state index is -0.510. The summed E-state index contributed by atoms with van der Waals surface area (Å²) in [6.45, 7) is 1.03. The van der Waals surface area contributed by atoms with Crippen LogP contribution in [0.4, 0.5) is 4.39 Å². The van der Waals surface area contributed by atoms with Crippen molar-refractivity contribution in [2.24, 2.45) is 5.92 Å². The number of halogens is 1. The van der Waals surface area contributed by atoms with Crippen molar-refractivity contribution in [2.45, 2.75) is 37.8 Å². The highest BCUT2D eigenvalue weighted by Gasteiger charge is 2.34. The zero-order valence-corrected chi connectivity index (χ0v) is 12.2. The largest absolute Gasteiger partial charge is 0.494 e. The highest BCUT2D eigenvalue weighted by atomic mass is 19.1. The first-order chi connectivity index (χ1) is 10.2. The first-order valence-corrected chi connectivity index (χ1v) is 7.55. The second kappa shape index (κ2) is 6.02. The number of amides is 1. The average molecular weight is 292 g/mol. The van der Waals surface area contributed by atoms with E-state index in [1.54, 1.807) is 6.07 Å². The molecule has 1 saturated heterocycles. The number of nitrogens with one attached hydrogen (secondary N) is 2. The molecule has 3 rings (SSSR count). The number of ether oxygens (including phenoxy) is 1. The van der Waals surface area contributed by atoms with E-state index in [1.807, 2.05) is 0 Å². The van der Waals surface area contributed by atoms with Crippen LogP contribution in [-0.2, 0) is 0 Å². The summed E-state index contributed by atoms with van der Waals surface area (Å²) in [4.78, 5) is 12.3. The topological polar surface area (TPSA) is 50.4 Å². The van der Waals surface area contributed by atoms with E-state index in [9.17, 15) is 9.18 Å². The average Bonchev–Trinajstić information content (AvgIpc) is 2.50. The van der Waals surface area contributed by atoms with Gasteiger partial charge in [-0.25, -0.2) is 4.39 Å². The first-order valence-electron chi connectivity index (χ1n) is 7.55. The van der Waals surface area contributed by atoms with E-state index in [0.29, 0.717) is 11.6 Å². The number of piperidine rings is 1. The molecule has 21 heavy (non-hydrogen) atoms. The Bertz CT molecular complexity index is 535. The number of hydrogen-bond donors (Lipinski definition) is 2. The quantitative estimate of drug-likeness (QED) is 0.897. The minimum absolute atomic E-state index is 0.138. The van der Waals surface area contributed by atoms with Crippen LogP contribution >= 0.6 is 0 Å². The lowest BCUT2D eigenvalue weighted by atomic mass is 9.78. The van der Waals surface area contributed by atoms with Gasteiger partial charge < -0.3 is 15.4 Å². The van der Waals surface area contributed by atoms with Crippen LogP contribution in [0.5, 0.6) is 5.75 Å². The van der Waals surface area contributed by atoms with Crippen LogP contribution in [-0.4, -0.2) is 31.6 Å². The number of rotatable bonds is 3. The number of fused-ring (bicyclic) bond motifs is 2. The lowest BCUT2D eigenvalue weighted by molar-refractivity contribution is 0.0887. The molecule has 1 aromatic carbocycles. The van der Waals surface area contributed by atoms with Gasteiger partial charge in [0.05, 0.1) is 7.11 Å². The van der Waals surface area contributed by atoms with Gasteiger partial charge in [-0.1, -0.05) is 0 Å². The van der Waals surface area contributed by atoms with E-state index in [-0.39, 0.29) is 17.7 Å². The summed E-state index contributed by atoms with van der Waals surface area (Å²) < 4.78 is 18.5. The van der Waals surface area contributed by atoms with Crippen molar-refractivity contribution in [1.82, 2.24) is 10.6 Å². The summed E-state index contributed by atoms with van der Waals surface area (Å²) in [5.74, 6) is 0.223. The van der Waals surface area contributed by atoms with Crippen LogP contribution in [0.25, 0.3) is 0 Å². The summed E-state index contributed by atoms with van der Waals surface area (Å²) in [7, 11) is 1.41. The fraction of sp³-hybridized carbons (Fsp3) is 0.562. The van der Waals surface area contributed by atoms with Gasteiger partial charge in [0, 0.05) is 17.6 Å². The van der Waals surface area contributed by atoms with Crippen molar-refractivity contribution in [2.75, 3.05) is 13.7 Å². The van der Waals surface area contributed by atoms with Gasteiger partial charge >= 0.3 is 0 Å². The van der Waals surface area contributed by atoms with Gasteiger partial charge in [0.15, 0.2) is 11.6 Å². The van der Waals surface area contributed by atoms with E-state index >= 15 is 0 Å². The van der Waals surface area contributed by atoms with E-state index < -0.39 is 5.82 Å². The van der Waals surface area contributed by atoms with Crippen molar-refractivity contribution in [3.05, 3.63) is 29.6 Å². The second-order valence-electron chi connectivity index (χ2n) is 5.96. The van der Waals surface area contributed by atoms with Crippen LogP contribution in [0.1, 0.15) is 36.0 Å². The van der Waals surface area contributed by atoms with E-state index in [4.69, 9.17) is 4.74 Å². The molecule has 3 atom stereocenters. The molecule has 0 radical (unpaired) electrons. The predicted octanol–water partition coefficient (Wildman–Crippen LogP) is 2.09. The summed E-state index contributed by atoms with van der Waals surface area (Å²) in [5.41, 5.74) is 0.339. The molecule has 3 unspecified atom stereocenters. The number of carbonyl (C=O) groups is 1. The van der Waals surface area contributed by atoms with Crippen molar-refractivity contribution >= 4 is 5.91 Å². The molecule has 2 bridgehead atoms. The van der Waals surface area contributed by atoms with Gasteiger partial charge in [-0.2, -0.15) is 0 Å². The normalized spacial score (nSPS) is 28.0. The molecule has 4 nitrogen and oxygen atoms in total. The fourth-order valence-electron chi connectivity index (χ4n) is 3.45. The molecule has 1 saturated carbocycles. The van der Waals surface area contributed by atoms with Gasteiger partial charge in [0.1, 0.15) is 0 Å². The van der Waals surface area contributed by atoms with E-state index in [0.717, 1.165) is 25.3 Å². The Morgan fingerprint density at radius 1 is 1.38 bits per heavy atom. The summed E-state index contributed by atoms with van der Waals surface area (Å²) in [6, 6.07) is 4.80. The van der Waals surface area contributed by atoms with Crippen LogP contribution in [0.3, 0.4) is 0 Å². The summed E-state index contributed by atoms with van der Waals surface area (Å²) in [6.07, 6.45) is 4.52. The Balaban J connectivity index is 1.67. The molecule has 114 valence electrons. The molecule has 0 aromatic heterocycles.